The molecule has 0 spiro atoms. The van der Waals surface area contributed by atoms with Crippen LogP contribution in [0.3, 0.4) is 0 Å². The molecule has 2 rings (SSSR count). The molecule has 1 aliphatic rings. The molecule has 1 aromatic rings. The zero-order valence-corrected chi connectivity index (χ0v) is 16.0. The molecule has 0 radical (unpaired) electrons. The molecule has 1 aliphatic heterocycles. The van der Waals surface area contributed by atoms with Crippen LogP contribution in [0, 0.1) is 0 Å². The molecule has 132 valence electrons. The minimum Gasteiger partial charge on any atom is -0.358 e. The molecule has 24 heavy (non-hydrogen) atoms. The predicted molar refractivity (Wildman–Crippen MR) is 104 cm³/mol. The number of carbonyl (C=O) groups is 1. The normalized spacial score (nSPS) is 19.8. The van der Waals surface area contributed by atoms with Gasteiger partial charge in [-0.05, 0) is 63.9 Å². The van der Waals surface area contributed by atoms with Crippen molar-refractivity contribution in [3.05, 3.63) is 29.8 Å². The van der Waals surface area contributed by atoms with Crippen LogP contribution in [-0.2, 0) is 11.2 Å². The summed E-state index contributed by atoms with van der Waals surface area (Å²) in [7, 11) is 0. The van der Waals surface area contributed by atoms with Gasteiger partial charge in [0.05, 0.1) is 0 Å². The molecule has 0 bridgehead atoms. The average Bonchev–Trinajstić information content (AvgIpc) is 2.49. The third kappa shape index (κ3) is 4.94. The number of nitrogens with zero attached hydrogens (tertiary/aromatic N) is 1. The smallest absolute Gasteiger partial charge is 0.224 e. The number of nitrogens with one attached hydrogen (secondary N) is 2. The second kappa shape index (κ2) is 7.97. The molecular weight excluding hydrogens is 318 g/mol. The maximum Gasteiger partial charge on any atom is 0.224 e. The largest absolute Gasteiger partial charge is 0.358 e. The van der Waals surface area contributed by atoms with Gasteiger partial charge in [-0.3, -0.25) is 4.79 Å². The Hall–Kier alpha value is -1.62. The Morgan fingerprint density at radius 1 is 1.42 bits per heavy atom. The van der Waals surface area contributed by atoms with Gasteiger partial charge in [-0.2, -0.15) is 0 Å². The van der Waals surface area contributed by atoms with Crippen LogP contribution >= 0.6 is 12.2 Å². The lowest BCUT2D eigenvalue weighted by atomic mass is 9.93. The molecule has 0 aliphatic carbocycles. The van der Waals surface area contributed by atoms with E-state index in [9.17, 15) is 4.79 Å². The lowest BCUT2D eigenvalue weighted by molar-refractivity contribution is -0.116. The average molecular weight is 348 g/mol. The number of hydrogen-bond acceptors (Lipinski definition) is 2. The summed E-state index contributed by atoms with van der Waals surface area (Å²) in [6.07, 6.45) is 3.26. The van der Waals surface area contributed by atoms with Crippen molar-refractivity contribution in [1.29, 1.82) is 0 Å². The summed E-state index contributed by atoms with van der Waals surface area (Å²) in [6.45, 7) is 9.45. The van der Waals surface area contributed by atoms with Crippen molar-refractivity contribution in [2.45, 2.75) is 65.0 Å². The molecule has 0 saturated carbocycles. The minimum absolute atomic E-state index is 0.0498. The lowest BCUT2D eigenvalue weighted by Gasteiger charge is -2.44. The van der Waals surface area contributed by atoms with E-state index in [-0.39, 0.29) is 11.4 Å². The van der Waals surface area contributed by atoms with Gasteiger partial charge in [0.1, 0.15) is 0 Å². The summed E-state index contributed by atoms with van der Waals surface area (Å²) in [4.78, 5) is 14.4. The standard InChI is InChI=1S/C19H29N3OS/c1-5-15-9-6-7-10-16(15)20-17(23)11-8-12-22-14(2)13-19(3,4)21-18(22)24/h6-7,9-10,14H,5,8,11-13H2,1-4H3,(H,20,23)(H,21,24). The van der Waals surface area contributed by atoms with E-state index < -0.39 is 0 Å². The molecule has 1 atom stereocenters. The summed E-state index contributed by atoms with van der Waals surface area (Å²) in [5, 5.41) is 7.22. The number of benzene rings is 1. The predicted octanol–water partition coefficient (Wildman–Crippen LogP) is 3.72. The Morgan fingerprint density at radius 2 is 2.12 bits per heavy atom. The number of anilines is 1. The lowest BCUT2D eigenvalue weighted by Crippen LogP contribution is -2.60. The molecule has 1 heterocycles. The van der Waals surface area contributed by atoms with Crippen LogP contribution < -0.4 is 10.6 Å². The fourth-order valence-corrected chi connectivity index (χ4v) is 3.90. The molecule has 1 saturated heterocycles. The van der Waals surface area contributed by atoms with E-state index in [4.69, 9.17) is 12.2 Å². The van der Waals surface area contributed by atoms with Crippen molar-refractivity contribution in [2.24, 2.45) is 0 Å². The van der Waals surface area contributed by atoms with Gasteiger partial charge >= 0.3 is 0 Å². The first-order valence-corrected chi connectivity index (χ1v) is 9.20. The molecular formula is C19H29N3OS. The summed E-state index contributed by atoms with van der Waals surface area (Å²) in [5.41, 5.74) is 2.15. The fraction of sp³-hybridized carbons (Fsp3) is 0.579. The number of amides is 1. The van der Waals surface area contributed by atoms with Crippen LogP contribution in [-0.4, -0.2) is 34.0 Å². The van der Waals surface area contributed by atoms with Gasteiger partial charge in [-0.15, -0.1) is 0 Å². The molecule has 4 nitrogen and oxygen atoms in total. The Kier molecular flexibility index (Phi) is 6.21. The van der Waals surface area contributed by atoms with Crippen molar-refractivity contribution in [3.8, 4) is 0 Å². The van der Waals surface area contributed by atoms with E-state index in [1.54, 1.807) is 0 Å². The van der Waals surface area contributed by atoms with E-state index >= 15 is 0 Å². The van der Waals surface area contributed by atoms with Crippen LogP contribution in [0.4, 0.5) is 5.69 Å². The van der Waals surface area contributed by atoms with Crippen molar-refractivity contribution in [1.82, 2.24) is 10.2 Å². The number of para-hydroxylation sites is 1. The molecule has 2 N–H and O–H groups in total. The number of aryl methyl sites for hydroxylation is 1. The quantitative estimate of drug-likeness (QED) is 0.770. The van der Waals surface area contributed by atoms with Crippen LogP contribution in [0.15, 0.2) is 24.3 Å². The molecule has 1 unspecified atom stereocenters. The fourth-order valence-electron chi connectivity index (χ4n) is 3.36. The zero-order chi connectivity index (χ0) is 17.7. The SMILES string of the molecule is CCc1ccccc1NC(=O)CCCN1C(=S)NC(C)(C)CC1C. The van der Waals surface area contributed by atoms with E-state index in [0.29, 0.717) is 12.5 Å². The zero-order valence-electron chi connectivity index (χ0n) is 15.2. The molecule has 0 aromatic heterocycles. The summed E-state index contributed by atoms with van der Waals surface area (Å²) < 4.78 is 0. The Morgan fingerprint density at radius 3 is 2.79 bits per heavy atom. The Labute approximate surface area is 151 Å². The highest BCUT2D eigenvalue weighted by Gasteiger charge is 2.32. The van der Waals surface area contributed by atoms with Gasteiger partial charge in [0.2, 0.25) is 5.91 Å². The van der Waals surface area contributed by atoms with Gasteiger partial charge in [0, 0.05) is 30.2 Å². The first kappa shape index (κ1) is 18.7. The first-order valence-electron chi connectivity index (χ1n) is 8.79. The second-order valence-electron chi connectivity index (χ2n) is 7.22. The molecule has 5 heteroatoms. The van der Waals surface area contributed by atoms with Crippen molar-refractivity contribution >= 4 is 28.9 Å². The van der Waals surface area contributed by atoms with Gasteiger partial charge in [0.15, 0.2) is 5.11 Å². The summed E-state index contributed by atoms with van der Waals surface area (Å²) in [6, 6.07) is 8.37. The van der Waals surface area contributed by atoms with Crippen molar-refractivity contribution in [2.75, 3.05) is 11.9 Å². The Bertz CT molecular complexity index is 600. The summed E-state index contributed by atoms with van der Waals surface area (Å²) in [5.74, 6) is 0.0692. The highest BCUT2D eigenvalue weighted by Crippen LogP contribution is 2.22. The van der Waals surface area contributed by atoms with Crippen LogP contribution in [0.2, 0.25) is 0 Å². The minimum atomic E-state index is 0.0498. The van der Waals surface area contributed by atoms with Crippen LogP contribution in [0.1, 0.15) is 52.5 Å². The Balaban J connectivity index is 1.81. The maximum absolute atomic E-state index is 12.2. The molecule has 1 aromatic carbocycles. The van der Waals surface area contributed by atoms with E-state index in [1.165, 1.54) is 5.56 Å². The maximum atomic E-state index is 12.2. The van der Waals surface area contributed by atoms with E-state index in [2.05, 4.69) is 49.3 Å². The second-order valence-corrected chi connectivity index (χ2v) is 7.61. The number of thiocarbonyl (C=S) groups is 1. The first-order chi connectivity index (χ1) is 11.3. The van der Waals surface area contributed by atoms with Crippen molar-refractivity contribution < 1.29 is 4.79 Å². The van der Waals surface area contributed by atoms with Gasteiger partial charge in [-0.1, -0.05) is 25.1 Å². The number of rotatable bonds is 6. The third-order valence-corrected chi connectivity index (χ3v) is 4.86. The van der Waals surface area contributed by atoms with Gasteiger partial charge < -0.3 is 15.5 Å². The topological polar surface area (TPSA) is 44.4 Å². The van der Waals surface area contributed by atoms with E-state index in [0.717, 1.165) is 36.6 Å². The van der Waals surface area contributed by atoms with Crippen LogP contribution in [0.5, 0.6) is 0 Å². The number of hydrogen-bond donors (Lipinski definition) is 2. The highest BCUT2D eigenvalue weighted by molar-refractivity contribution is 7.80. The third-order valence-electron chi connectivity index (χ3n) is 4.52. The van der Waals surface area contributed by atoms with E-state index in [1.807, 2.05) is 18.2 Å². The molecule has 1 fully saturated rings. The van der Waals surface area contributed by atoms with Crippen molar-refractivity contribution in [3.63, 3.8) is 0 Å². The van der Waals surface area contributed by atoms with Crippen LogP contribution in [0.25, 0.3) is 0 Å². The highest BCUT2D eigenvalue weighted by atomic mass is 32.1. The van der Waals surface area contributed by atoms with Gasteiger partial charge in [0.25, 0.3) is 0 Å². The number of carbonyl (C=O) groups excluding carboxylic acids is 1. The van der Waals surface area contributed by atoms with Gasteiger partial charge in [-0.25, -0.2) is 0 Å². The summed E-state index contributed by atoms with van der Waals surface area (Å²) >= 11 is 5.48. The monoisotopic (exact) mass is 347 g/mol. The molecule has 1 amide bonds.